The number of benzene rings is 1. The van der Waals surface area contributed by atoms with Gasteiger partial charge in [0.25, 0.3) is 5.69 Å². The third kappa shape index (κ3) is 2.23. The van der Waals surface area contributed by atoms with Crippen LogP contribution in [-0.2, 0) is 4.79 Å². The fraction of sp³-hybridized carbons (Fsp3) is 0. The lowest BCUT2D eigenvalue weighted by atomic mass is 10.2. The van der Waals surface area contributed by atoms with Gasteiger partial charge in [0.05, 0.1) is 10.5 Å². The van der Waals surface area contributed by atoms with Gasteiger partial charge in [-0.1, -0.05) is 12.1 Å². The molecule has 0 aliphatic carbocycles. The van der Waals surface area contributed by atoms with E-state index in [9.17, 15) is 14.9 Å². The van der Waals surface area contributed by atoms with Crippen molar-refractivity contribution < 1.29 is 9.72 Å². The van der Waals surface area contributed by atoms with Crippen LogP contribution in [0.4, 0.5) is 5.69 Å². The standard InChI is InChI=1S/C9H7NO3/c11-7-3-5-8-4-1-2-6-9(8)10(12)13/h1-7H. The summed E-state index contributed by atoms with van der Waals surface area (Å²) in [6, 6.07) is 6.23. The Hall–Kier alpha value is -1.97. The number of hydrogen-bond donors (Lipinski definition) is 0. The average molecular weight is 177 g/mol. The number of para-hydroxylation sites is 1. The van der Waals surface area contributed by atoms with E-state index in [4.69, 9.17) is 0 Å². The number of carbonyl (C=O) groups is 1. The second-order valence-corrected chi connectivity index (χ2v) is 2.31. The second-order valence-electron chi connectivity index (χ2n) is 2.31. The molecule has 0 radical (unpaired) electrons. The summed E-state index contributed by atoms with van der Waals surface area (Å²) in [6.45, 7) is 0. The van der Waals surface area contributed by atoms with Crippen molar-refractivity contribution in [3.8, 4) is 0 Å². The molecule has 4 heteroatoms. The van der Waals surface area contributed by atoms with Crippen LogP contribution in [0.15, 0.2) is 30.3 Å². The van der Waals surface area contributed by atoms with Gasteiger partial charge in [0.2, 0.25) is 0 Å². The summed E-state index contributed by atoms with van der Waals surface area (Å²) in [5.41, 5.74) is 0.431. The molecule has 0 N–H and O–H groups in total. The first-order valence-electron chi connectivity index (χ1n) is 3.61. The van der Waals surface area contributed by atoms with E-state index < -0.39 is 4.92 Å². The van der Waals surface area contributed by atoms with E-state index in [1.165, 1.54) is 18.2 Å². The molecule has 4 nitrogen and oxygen atoms in total. The van der Waals surface area contributed by atoms with Crippen molar-refractivity contribution in [3.63, 3.8) is 0 Å². The molecule has 1 rings (SSSR count). The largest absolute Gasteiger partial charge is 0.299 e. The van der Waals surface area contributed by atoms with Gasteiger partial charge in [0.15, 0.2) is 0 Å². The Morgan fingerprint density at radius 1 is 1.31 bits per heavy atom. The maximum absolute atomic E-state index is 10.5. The van der Waals surface area contributed by atoms with Crippen LogP contribution in [0.25, 0.3) is 6.08 Å². The SMILES string of the molecule is O=CC=Cc1ccccc1[N+](=O)[O-]. The molecule has 0 bridgehead atoms. The third-order valence-electron chi connectivity index (χ3n) is 1.49. The van der Waals surface area contributed by atoms with Gasteiger partial charge in [-0.15, -0.1) is 0 Å². The molecule has 0 fully saturated rings. The molecule has 0 heterocycles. The number of allylic oxidation sites excluding steroid dienone is 1. The van der Waals surface area contributed by atoms with Crippen molar-refractivity contribution in [3.05, 3.63) is 46.0 Å². The highest BCUT2D eigenvalue weighted by Gasteiger charge is 2.08. The predicted octanol–water partition coefficient (Wildman–Crippen LogP) is 1.81. The Morgan fingerprint density at radius 3 is 2.62 bits per heavy atom. The van der Waals surface area contributed by atoms with Gasteiger partial charge in [-0.3, -0.25) is 14.9 Å². The summed E-state index contributed by atoms with van der Waals surface area (Å²) < 4.78 is 0. The predicted molar refractivity (Wildman–Crippen MR) is 48.2 cm³/mol. The lowest BCUT2D eigenvalue weighted by molar-refractivity contribution is -0.385. The van der Waals surface area contributed by atoms with Gasteiger partial charge in [0.1, 0.15) is 6.29 Å². The highest BCUT2D eigenvalue weighted by Crippen LogP contribution is 2.18. The lowest BCUT2D eigenvalue weighted by Gasteiger charge is -1.94. The zero-order valence-electron chi connectivity index (χ0n) is 6.71. The Bertz CT molecular complexity index is 358. The molecule has 13 heavy (non-hydrogen) atoms. The molecule has 66 valence electrons. The molecule has 0 unspecified atom stereocenters. The first-order chi connectivity index (χ1) is 6.25. The van der Waals surface area contributed by atoms with Gasteiger partial charge >= 0.3 is 0 Å². The number of nitrogens with zero attached hydrogens (tertiary/aromatic N) is 1. The van der Waals surface area contributed by atoms with Crippen molar-refractivity contribution in [1.82, 2.24) is 0 Å². The molecular weight excluding hydrogens is 170 g/mol. The van der Waals surface area contributed by atoms with Gasteiger partial charge in [0, 0.05) is 6.07 Å². The molecule has 0 aliphatic heterocycles. The molecule has 0 aromatic heterocycles. The number of hydrogen-bond acceptors (Lipinski definition) is 3. The minimum absolute atomic E-state index is 0.000556. The van der Waals surface area contributed by atoms with E-state index in [-0.39, 0.29) is 5.69 Å². The van der Waals surface area contributed by atoms with Gasteiger partial charge in [-0.05, 0) is 18.2 Å². The normalized spacial score (nSPS) is 10.2. The maximum atomic E-state index is 10.5. The summed E-state index contributed by atoms with van der Waals surface area (Å²) in [5, 5.41) is 10.5. The molecule has 0 aliphatic rings. The van der Waals surface area contributed by atoms with Crippen LogP contribution >= 0.6 is 0 Å². The van der Waals surface area contributed by atoms with Crippen LogP contribution in [0.3, 0.4) is 0 Å². The Kier molecular flexibility index (Phi) is 2.92. The van der Waals surface area contributed by atoms with Crippen LogP contribution in [0.5, 0.6) is 0 Å². The van der Waals surface area contributed by atoms with Crippen LogP contribution in [0.1, 0.15) is 5.56 Å². The highest BCUT2D eigenvalue weighted by molar-refractivity contribution is 5.76. The molecule has 0 atom stereocenters. The summed E-state index contributed by atoms with van der Waals surface area (Å²) in [7, 11) is 0. The Morgan fingerprint density at radius 2 is 2.00 bits per heavy atom. The monoisotopic (exact) mass is 177 g/mol. The van der Waals surface area contributed by atoms with Crippen molar-refractivity contribution in [2.24, 2.45) is 0 Å². The zero-order valence-corrected chi connectivity index (χ0v) is 6.71. The van der Waals surface area contributed by atoms with Crippen molar-refractivity contribution >= 4 is 18.0 Å². The van der Waals surface area contributed by atoms with Crippen LogP contribution in [0, 0.1) is 10.1 Å². The van der Waals surface area contributed by atoms with Crippen LogP contribution in [0.2, 0.25) is 0 Å². The minimum Gasteiger partial charge on any atom is -0.299 e. The summed E-state index contributed by atoms with van der Waals surface area (Å²) >= 11 is 0. The summed E-state index contributed by atoms with van der Waals surface area (Å²) in [6.07, 6.45) is 3.21. The van der Waals surface area contributed by atoms with Gasteiger partial charge in [-0.2, -0.15) is 0 Å². The molecule has 1 aromatic rings. The molecule has 0 saturated carbocycles. The summed E-state index contributed by atoms with van der Waals surface area (Å²) in [5.74, 6) is 0. The first kappa shape index (κ1) is 9.12. The quantitative estimate of drug-likeness (QED) is 0.306. The topological polar surface area (TPSA) is 60.2 Å². The smallest absolute Gasteiger partial charge is 0.276 e. The number of rotatable bonds is 3. The van der Waals surface area contributed by atoms with Crippen molar-refractivity contribution in [2.45, 2.75) is 0 Å². The molecule has 0 spiro atoms. The minimum atomic E-state index is -0.482. The van der Waals surface area contributed by atoms with Crippen LogP contribution < -0.4 is 0 Å². The molecule has 0 saturated heterocycles. The highest BCUT2D eigenvalue weighted by atomic mass is 16.6. The average Bonchev–Trinajstić information content (AvgIpc) is 2.15. The van der Waals surface area contributed by atoms with E-state index >= 15 is 0 Å². The third-order valence-corrected chi connectivity index (χ3v) is 1.49. The fourth-order valence-corrected chi connectivity index (χ4v) is 0.938. The zero-order chi connectivity index (χ0) is 9.68. The number of carbonyl (C=O) groups excluding carboxylic acids is 1. The number of nitro groups is 1. The second kappa shape index (κ2) is 4.15. The van der Waals surface area contributed by atoms with Crippen LogP contribution in [-0.4, -0.2) is 11.2 Å². The molecule has 0 amide bonds. The molecular formula is C9H7NO3. The van der Waals surface area contributed by atoms with E-state index in [1.54, 1.807) is 18.2 Å². The fourth-order valence-electron chi connectivity index (χ4n) is 0.938. The number of aldehydes is 1. The number of nitro benzene ring substituents is 1. The van der Waals surface area contributed by atoms with E-state index in [1.807, 2.05) is 0 Å². The lowest BCUT2D eigenvalue weighted by Crippen LogP contribution is -1.90. The molecule has 1 aromatic carbocycles. The van der Waals surface area contributed by atoms with Crippen molar-refractivity contribution in [1.29, 1.82) is 0 Å². The Balaban J connectivity index is 3.11. The van der Waals surface area contributed by atoms with E-state index in [2.05, 4.69) is 0 Å². The summed E-state index contributed by atoms with van der Waals surface area (Å²) in [4.78, 5) is 20.0. The van der Waals surface area contributed by atoms with Gasteiger partial charge in [-0.25, -0.2) is 0 Å². The Labute approximate surface area is 74.7 Å². The van der Waals surface area contributed by atoms with Crippen molar-refractivity contribution in [2.75, 3.05) is 0 Å². The van der Waals surface area contributed by atoms with Gasteiger partial charge < -0.3 is 0 Å². The van der Waals surface area contributed by atoms with E-state index in [0.717, 1.165) is 0 Å². The first-order valence-corrected chi connectivity index (χ1v) is 3.61. The van der Waals surface area contributed by atoms with E-state index in [0.29, 0.717) is 11.8 Å². The maximum Gasteiger partial charge on any atom is 0.276 e.